The van der Waals surface area contributed by atoms with Crippen LogP contribution in [0.5, 0.6) is 0 Å². The summed E-state index contributed by atoms with van der Waals surface area (Å²) in [6.45, 7) is 13.6. The standard InChI is InChI=1S/C25H30N2O3/c1-7-16-27(17-19-12-14-20(15-13-19)18(2)3)23(28)21-10-8-9-11-22(21)26-24(29)30-25(4,5)6/h8-16,18H,1,17H2,2-6H3,(H,26,29). The van der Waals surface area contributed by atoms with Gasteiger partial charge in [-0.3, -0.25) is 10.1 Å². The van der Waals surface area contributed by atoms with E-state index in [4.69, 9.17) is 4.74 Å². The summed E-state index contributed by atoms with van der Waals surface area (Å²) >= 11 is 0. The van der Waals surface area contributed by atoms with E-state index in [1.165, 1.54) is 16.7 Å². The number of benzene rings is 2. The van der Waals surface area contributed by atoms with Crippen molar-refractivity contribution in [3.05, 3.63) is 83.7 Å². The zero-order valence-corrected chi connectivity index (χ0v) is 18.4. The number of carbonyl (C=O) groups excluding carboxylic acids is 2. The van der Waals surface area contributed by atoms with Crippen molar-refractivity contribution in [2.45, 2.75) is 52.7 Å². The molecule has 0 aliphatic heterocycles. The van der Waals surface area contributed by atoms with Crippen LogP contribution in [0.25, 0.3) is 0 Å². The van der Waals surface area contributed by atoms with Crippen LogP contribution in [0, 0.1) is 0 Å². The number of para-hydroxylation sites is 1. The Morgan fingerprint density at radius 3 is 2.33 bits per heavy atom. The van der Waals surface area contributed by atoms with Crippen LogP contribution in [-0.4, -0.2) is 22.5 Å². The fraction of sp³-hybridized carbons (Fsp3) is 0.320. The van der Waals surface area contributed by atoms with Crippen molar-refractivity contribution in [3.63, 3.8) is 0 Å². The van der Waals surface area contributed by atoms with Crippen molar-refractivity contribution < 1.29 is 14.3 Å². The van der Waals surface area contributed by atoms with Crippen molar-refractivity contribution in [2.75, 3.05) is 5.32 Å². The first kappa shape index (κ1) is 23.0. The number of amides is 2. The minimum Gasteiger partial charge on any atom is -0.444 e. The third-order valence-corrected chi connectivity index (χ3v) is 4.30. The van der Waals surface area contributed by atoms with Gasteiger partial charge < -0.3 is 9.64 Å². The van der Waals surface area contributed by atoms with Crippen molar-refractivity contribution in [1.29, 1.82) is 0 Å². The zero-order chi connectivity index (χ0) is 22.3. The number of hydrogen-bond donors (Lipinski definition) is 1. The largest absolute Gasteiger partial charge is 0.444 e. The minimum atomic E-state index is -0.636. The first-order valence-corrected chi connectivity index (χ1v) is 9.95. The van der Waals surface area contributed by atoms with Gasteiger partial charge in [0.05, 0.1) is 17.8 Å². The maximum absolute atomic E-state index is 13.2. The number of carbonyl (C=O) groups is 2. The highest BCUT2D eigenvalue weighted by molar-refractivity contribution is 6.03. The van der Waals surface area contributed by atoms with Crippen LogP contribution >= 0.6 is 0 Å². The second kappa shape index (κ2) is 9.95. The maximum atomic E-state index is 13.2. The van der Waals surface area contributed by atoms with Crippen LogP contribution in [0.4, 0.5) is 10.5 Å². The van der Waals surface area contributed by atoms with E-state index in [2.05, 4.69) is 43.6 Å². The molecule has 0 atom stereocenters. The van der Waals surface area contributed by atoms with Crippen LogP contribution in [0.3, 0.4) is 0 Å². The van der Waals surface area contributed by atoms with Gasteiger partial charge in [-0.05, 0) is 49.9 Å². The molecule has 2 amide bonds. The van der Waals surface area contributed by atoms with E-state index in [0.29, 0.717) is 23.7 Å². The predicted molar refractivity (Wildman–Crippen MR) is 120 cm³/mol. The van der Waals surface area contributed by atoms with Gasteiger partial charge in [-0.2, -0.15) is 0 Å². The van der Waals surface area contributed by atoms with Gasteiger partial charge in [0.15, 0.2) is 0 Å². The molecule has 0 aliphatic carbocycles. The highest BCUT2D eigenvalue weighted by Gasteiger charge is 2.21. The fourth-order valence-corrected chi connectivity index (χ4v) is 2.84. The van der Waals surface area contributed by atoms with Gasteiger partial charge in [0.2, 0.25) is 0 Å². The summed E-state index contributed by atoms with van der Waals surface area (Å²) in [5.74, 6) is 0.168. The Kier molecular flexibility index (Phi) is 7.62. The molecule has 0 unspecified atom stereocenters. The summed E-state index contributed by atoms with van der Waals surface area (Å²) in [5.41, 5.74) is 5.00. The minimum absolute atomic E-state index is 0.272. The number of nitrogens with one attached hydrogen (secondary N) is 1. The highest BCUT2D eigenvalue weighted by Crippen LogP contribution is 2.21. The number of nitrogens with zero attached hydrogens (tertiary/aromatic N) is 1. The molecule has 0 radical (unpaired) electrons. The lowest BCUT2D eigenvalue weighted by Gasteiger charge is -2.22. The van der Waals surface area contributed by atoms with Gasteiger partial charge in [0.1, 0.15) is 5.60 Å². The highest BCUT2D eigenvalue weighted by atomic mass is 16.6. The topological polar surface area (TPSA) is 58.6 Å². The number of hydrogen-bond acceptors (Lipinski definition) is 3. The average molecular weight is 407 g/mol. The average Bonchev–Trinajstić information content (AvgIpc) is 2.66. The molecule has 2 rings (SSSR count). The summed E-state index contributed by atoms with van der Waals surface area (Å²) in [6, 6.07) is 15.0. The first-order chi connectivity index (χ1) is 14.1. The summed E-state index contributed by atoms with van der Waals surface area (Å²) in [4.78, 5) is 26.9. The molecule has 2 aromatic carbocycles. The van der Waals surface area contributed by atoms with E-state index in [1.54, 1.807) is 45.0 Å². The predicted octanol–water partition coefficient (Wildman–Crippen LogP) is 6.10. The number of ether oxygens (including phenoxy) is 1. The Morgan fingerprint density at radius 1 is 1.13 bits per heavy atom. The van der Waals surface area contributed by atoms with Crippen molar-refractivity contribution in [1.82, 2.24) is 4.90 Å². The molecule has 0 heterocycles. The monoisotopic (exact) mass is 406 g/mol. The normalized spacial score (nSPS) is 10.9. The molecule has 0 aromatic heterocycles. The third-order valence-electron chi connectivity index (χ3n) is 4.30. The molecule has 0 aliphatic rings. The molecule has 5 heteroatoms. The quantitative estimate of drug-likeness (QED) is 0.590. The van der Waals surface area contributed by atoms with Crippen LogP contribution in [0.2, 0.25) is 0 Å². The Bertz CT molecular complexity index is 934. The lowest BCUT2D eigenvalue weighted by molar-refractivity contribution is 0.0636. The van der Waals surface area contributed by atoms with Crippen molar-refractivity contribution >= 4 is 17.7 Å². The van der Waals surface area contributed by atoms with Crippen LogP contribution in [0.15, 0.2) is 67.0 Å². The first-order valence-electron chi connectivity index (χ1n) is 9.95. The van der Waals surface area contributed by atoms with E-state index in [1.807, 2.05) is 12.1 Å². The lowest BCUT2D eigenvalue weighted by atomic mass is 10.0. The van der Waals surface area contributed by atoms with Crippen LogP contribution in [-0.2, 0) is 11.3 Å². The van der Waals surface area contributed by atoms with E-state index in [-0.39, 0.29) is 5.91 Å². The van der Waals surface area contributed by atoms with Crippen molar-refractivity contribution in [3.8, 4) is 0 Å². The SMILES string of the molecule is C=C=CN(Cc1ccc(C(C)C)cc1)C(=O)c1ccccc1NC(=O)OC(C)(C)C. The van der Waals surface area contributed by atoms with Gasteiger partial charge >= 0.3 is 6.09 Å². The Labute approximate surface area is 179 Å². The molecule has 2 aromatic rings. The van der Waals surface area contributed by atoms with Gasteiger partial charge in [-0.15, -0.1) is 5.73 Å². The van der Waals surface area contributed by atoms with E-state index >= 15 is 0 Å². The zero-order valence-electron chi connectivity index (χ0n) is 18.4. The summed E-state index contributed by atoms with van der Waals surface area (Å²) in [6.07, 6.45) is 0.904. The molecule has 158 valence electrons. The molecule has 0 saturated carbocycles. The number of rotatable bonds is 6. The molecule has 30 heavy (non-hydrogen) atoms. The molecule has 5 nitrogen and oxygen atoms in total. The van der Waals surface area contributed by atoms with Crippen LogP contribution < -0.4 is 5.32 Å². The summed E-state index contributed by atoms with van der Waals surface area (Å²) in [7, 11) is 0. The van der Waals surface area contributed by atoms with Crippen molar-refractivity contribution in [2.24, 2.45) is 0 Å². The molecule has 0 saturated heterocycles. The smallest absolute Gasteiger partial charge is 0.412 e. The number of anilines is 1. The second-order valence-corrected chi connectivity index (χ2v) is 8.34. The molecule has 0 bridgehead atoms. The molecular weight excluding hydrogens is 376 g/mol. The molecule has 1 N–H and O–H groups in total. The second-order valence-electron chi connectivity index (χ2n) is 8.34. The lowest BCUT2D eigenvalue weighted by Crippen LogP contribution is -2.29. The van der Waals surface area contributed by atoms with E-state index in [0.717, 1.165) is 5.56 Å². The molecule has 0 spiro atoms. The fourth-order valence-electron chi connectivity index (χ4n) is 2.84. The van der Waals surface area contributed by atoms with E-state index in [9.17, 15) is 9.59 Å². The van der Waals surface area contributed by atoms with Gasteiger partial charge in [-0.25, -0.2) is 4.79 Å². The molecule has 0 fully saturated rings. The summed E-state index contributed by atoms with van der Waals surface area (Å²) < 4.78 is 5.31. The van der Waals surface area contributed by atoms with Gasteiger partial charge in [0, 0.05) is 6.20 Å². The Morgan fingerprint density at radius 2 is 1.77 bits per heavy atom. The summed E-state index contributed by atoms with van der Waals surface area (Å²) in [5, 5.41) is 2.67. The van der Waals surface area contributed by atoms with Gasteiger partial charge in [0.25, 0.3) is 5.91 Å². The van der Waals surface area contributed by atoms with Crippen LogP contribution in [0.1, 0.15) is 62.0 Å². The van der Waals surface area contributed by atoms with E-state index < -0.39 is 11.7 Å². The Hall–Kier alpha value is -3.30. The molecular formula is C25H30N2O3. The van der Waals surface area contributed by atoms with Gasteiger partial charge in [-0.1, -0.05) is 56.8 Å². The third kappa shape index (κ3) is 6.64. The maximum Gasteiger partial charge on any atom is 0.412 e. The Balaban J connectivity index is 2.25.